The number of carbonyl (C=O) groups is 2. The smallest absolute Gasteiger partial charge is 0.337 e. The Morgan fingerprint density at radius 3 is 2.44 bits per heavy atom. The first kappa shape index (κ1) is 12.1. The van der Waals surface area contributed by atoms with Gasteiger partial charge in [-0.2, -0.15) is 0 Å². The maximum atomic E-state index is 11.3. The Hall–Kier alpha value is -2.36. The third kappa shape index (κ3) is 2.05. The van der Waals surface area contributed by atoms with Crippen LogP contribution in [-0.4, -0.2) is 24.3 Å². The Balaban J connectivity index is 2.37. The average Bonchev–Trinajstić information content (AvgIpc) is 2.79. The summed E-state index contributed by atoms with van der Waals surface area (Å²) in [6.45, 7) is 1.88. The van der Waals surface area contributed by atoms with Crippen molar-refractivity contribution in [2.24, 2.45) is 0 Å². The van der Waals surface area contributed by atoms with Crippen LogP contribution in [0.15, 0.2) is 30.5 Å². The van der Waals surface area contributed by atoms with Crippen molar-refractivity contribution in [2.75, 3.05) is 7.11 Å². The number of H-pyrrole nitrogens is 1. The van der Waals surface area contributed by atoms with E-state index >= 15 is 0 Å². The van der Waals surface area contributed by atoms with E-state index in [1.165, 1.54) is 7.11 Å². The number of aldehydes is 1. The normalized spacial score (nSPS) is 10.1. The summed E-state index contributed by atoms with van der Waals surface area (Å²) in [5, 5.41) is 0. The van der Waals surface area contributed by atoms with Gasteiger partial charge in [0.25, 0.3) is 0 Å². The molecule has 0 atom stereocenters. The Labute approximate surface area is 105 Å². The molecule has 0 saturated heterocycles. The lowest BCUT2D eigenvalue weighted by Gasteiger charge is -2.02. The number of benzene rings is 1. The van der Waals surface area contributed by atoms with E-state index in [0.717, 1.165) is 23.0 Å². The molecule has 0 saturated carbocycles. The summed E-state index contributed by atoms with van der Waals surface area (Å²) < 4.78 is 4.64. The summed E-state index contributed by atoms with van der Waals surface area (Å²) in [7, 11) is 1.35. The fraction of sp³-hybridized carbons (Fsp3) is 0.143. The Morgan fingerprint density at radius 1 is 1.28 bits per heavy atom. The summed E-state index contributed by atoms with van der Waals surface area (Å²) in [6.07, 6.45) is 2.58. The van der Waals surface area contributed by atoms with Gasteiger partial charge in [-0.25, -0.2) is 4.79 Å². The number of ether oxygens (including phenoxy) is 1. The van der Waals surface area contributed by atoms with Gasteiger partial charge in [0, 0.05) is 11.8 Å². The molecule has 0 aliphatic carbocycles. The predicted molar refractivity (Wildman–Crippen MR) is 67.7 cm³/mol. The molecule has 0 unspecified atom stereocenters. The van der Waals surface area contributed by atoms with Crippen molar-refractivity contribution in [3.8, 4) is 11.1 Å². The number of carbonyl (C=O) groups excluding carboxylic acids is 2. The SMILES string of the molecule is COC(=O)c1ccc(-c2c[nH]c(C=O)c2C)cc1. The second-order valence-electron chi connectivity index (χ2n) is 3.93. The van der Waals surface area contributed by atoms with Crippen molar-refractivity contribution in [3.63, 3.8) is 0 Å². The number of methoxy groups -OCH3 is 1. The molecule has 1 N–H and O–H groups in total. The molecule has 0 aliphatic rings. The third-order valence-corrected chi connectivity index (χ3v) is 2.91. The molecule has 0 fully saturated rings. The van der Waals surface area contributed by atoms with E-state index in [1.54, 1.807) is 18.3 Å². The topological polar surface area (TPSA) is 59.2 Å². The van der Waals surface area contributed by atoms with Crippen LogP contribution in [0.5, 0.6) is 0 Å². The second-order valence-corrected chi connectivity index (χ2v) is 3.93. The summed E-state index contributed by atoms with van der Waals surface area (Å²) in [5.41, 5.74) is 3.88. The molecule has 4 nitrogen and oxygen atoms in total. The van der Waals surface area contributed by atoms with E-state index in [4.69, 9.17) is 0 Å². The van der Waals surface area contributed by atoms with Crippen LogP contribution in [0.1, 0.15) is 26.4 Å². The molecule has 4 heteroatoms. The van der Waals surface area contributed by atoms with Crippen LogP contribution in [0.25, 0.3) is 11.1 Å². The highest BCUT2D eigenvalue weighted by atomic mass is 16.5. The van der Waals surface area contributed by atoms with Crippen LogP contribution in [0.4, 0.5) is 0 Å². The predicted octanol–water partition coefficient (Wildman–Crippen LogP) is 2.59. The third-order valence-electron chi connectivity index (χ3n) is 2.91. The first-order valence-electron chi connectivity index (χ1n) is 5.49. The van der Waals surface area contributed by atoms with Crippen molar-refractivity contribution < 1.29 is 14.3 Å². The Morgan fingerprint density at radius 2 is 1.94 bits per heavy atom. The quantitative estimate of drug-likeness (QED) is 0.665. The Bertz CT molecular complexity index is 582. The molecule has 92 valence electrons. The van der Waals surface area contributed by atoms with Crippen LogP contribution < -0.4 is 0 Å². The van der Waals surface area contributed by atoms with E-state index in [0.29, 0.717) is 11.3 Å². The summed E-state index contributed by atoms with van der Waals surface area (Å²) in [4.78, 5) is 25.0. The first-order chi connectivity index (χ1) is 8.67. The number of aromatic amines is 1. The van der Waals surface area contributed by atoms with E-state index < -0.39 is 0 Å². The van der Waals surface area contributed by atoms with Crippen molar-refractivity contribution in [1.82, 2.24) is 4.98 Å². The molecule has 2 aromatic rings. The van der Waals surface area contributed by atoms with Crippen molar-refractivity contribution in [3.05, 3.63) is 47.3 Å². The molecular weight excluding hydrogens is 230 g/mol. The molecule has 18 heavy (non-hydrogen) atoms. The minimum absolute atomic E-state index is 0.360. The number of nitrogens with one attached hydrogen (secondary N) is 1. The molecule has 0 spiro atoms. The summed E-state index contributed by atoms with van der Waals surface area (Å²) >= 11 is 0. The highest BCUT2D eigenvalue weighted by molar-refractivity contribution is 5.90. The molecule has 0 aliphatic heterocycles. The van der Waals surface area contributed by atoms with Gasteiger partial charge in [-0.3, -0.25) is 4.79 Å². The molecular formula is C14H13NO3. The summed E-state index contributed by atoms with van der Waals surface area (Å²) in [6, 6.07) is 7.07. The monoisotopic (exact) mass is 243 g/mol. The maximum Gasteiger partial charge on any atom is 0.337 e. The first-order valence-corrected chi connectivity index (χ1v) is 5.49. The molecule has 1 heterocycles. The lowest BCUT2D eigenvalue weighted by atomic mass is 10.0. The van der Waals surface area contributed by atoms with Crippen molar-refractivity contribution in [2.45, 2.75) is 6.92 Å². The van der Waals surface area contributed by atoms with Gasteiger partial charge in [-0.1, -0.05) is 12.1 Å². The molecule has 2 rings (SSSR count). The fourth-order valence-electron chi connectivity index (χ4n) is 1.84. The standard InChI is InChI=1S/C14H13NO3/c1-9-12(7-15-13(9)8-16)10-3-5-11(6-4-10)14(17)18-2/h3-8,15H,1-2H3. The van der Waals surface area contributed by atoms with Crippen LogP contribution in [-0.2, 0) is 4.74 Å². The van der Waals surface area contributed by atoms with Gasteiger partial charge in [0.2, 0.25) is 0 Å². The van der Waals surface area contributed by atoms with Gasteiger partial charge in [-0.15, -0.1) is 0 Å². The highest BCUT2D eigenvalue weighted by Gasteiger charge is 2.09. The van der Waals surface area contributed by atoms with E-state index in [1.807, 2.05) is 19.1 Å². The van der Waals surface area contributed by atoms with E-state index in [2.05, 4.69) is 9.72 Å². The molecule has 0 radical (unpaired) electrons. The lowest BCUT2D eigenvalue weighted by molar-refractivity contribution is 0.0600. The number of hydrogen-bond donors (Lipinski definition) is 1. The van der Waals surface area contributed by atoms with E-state index in [-0.39, 0.29) is 5.97 Å². The minimum Gasteiger partial charge on any atom is -0.465 e. The molecule has 1 aromatic heterocycles. The minimum atomic E-state index is -0.360. The molecule has 0 bridgehead atoms. The lowest BCUT2D eigenvalue weighted by Crippen LogP contribution is -2.00. The number of hydrogen-bond acceptors (Lipinski definition) is 3. The van der Waals surface area contributed by atoms with Crippen molar-refractivity contribution >= 4 is 12.3 Å². The second kappa shape index (κ2) is 4.87. The van der Waals surface area contributed by atoms with Gasteiger partial charge >= 0.3 is 5.97 Å². The highest BCUT2D eigenvalue weighted by Crippen LogP contribution is 2.25. The van der Waals surface area contributed by atoms with Gasteiger partial charge in [0.1, 0.15) is 0 Å². The maximum absolute atomic E-state index is 11.3. The van der Waals surface area contributed by atoms with Crippen LogP contribution in [0, 0.1) is 6.92 Å². The molecule has 0 amide bonds. The zero-order valence-electron chi connectivity index (χ0n) is 10.2. The summed E-state index contributed by atoms with van der Waals surface area (Å²) in [5.74, 6) is -0.360. The number of rotatable bonds is 3. The van der Waals surface area contributed by atoms with Crippen LogP contribution in [0.3, 0.4) is 0 Å². The van der Waals surface area contributed by atoms with Crippen LogP contribution >= 0.6 is 0 Å². The van der Waals surface area contributed by atoms with Gasteiger partial charge in [0.05, 0.1) is 18.4 Å². The van der Waals surface area contributed by atoms with Gasteiger partial charge in [0.15, 0.2) is 6.29 Å². The average molecular weight is 243 g/mol. The van der Waals surface area contributed by atoms with Crippen LogP contribution in [0.2, 0.25) is 0 Å². The van der Waals surface area contributed by atoms with Gasteiger partial charge < -0.3 is 9.72 Å². The zero-order chi connectivity index (χ0) is 13.1. The fourth-order valence-corrected chi connectivity index (χ4v) is 1.84. The Kier molecular flexibility index (Phi) is 3.28. The molecule has 1 aromatic carbocycles. The zero-order valence-corrected chi connectivity index (χ0v) is 10.2. The number of esters is 1. The largest absolute Gasteiger partial charge is 0.465 e. The van der Waals surface area contributed by atoms with Crippen molar-refractivity contribution in [1.29, 1.82) is 0 Å². The number of aromatic nitrogens is 1. The van der Waals surface area contributed by atoms with E-state index in [9.17, 15) is 9.59 Å². The van der Waals surface area contributed by atoms with Gasteiger partial charge in [-0.05, 0) is 30.2 Å².